The van der Waals surface area contributed by atoms with Gasteiger partial charge in [0.2, 0.25) is 0 Å². The molecular formula is C16H13NS. The number of aromatic nitrogens is 1. The molecule has 0 aliphatic heterocycles. The average molecular weight is 251 g/mol. The van der Waals surface area contributed by atoms with Crippen LogP contribution in [0.1, 0.15) is 5.56 Å². The van der Waals surface area contributed by atoms with E-state index < -0.39 is 0 Å². The molecule has 2 heteroatoms. The van der Waals surface area contributed by atoms with Crippen molar-refractivity contribution in [2.45, 2.75) is 6.42 Å². The van der Waals surface area contributed by atoms with Gasteiger partial charge in [-0.3, -0.25) is 0 Å². The van der Waals surface area contributed by atoms with Crippen LogP contribution in [-0.2, 0) is 6.42 Å². The zero-order valence-corrected chi connectivity index (χ0v) is 10.8. The number of hydrogen-bond acceptors (Lipinski definition) is 2. The van der Waals surface area contributed by atoms with E-state index in [9.17, 15) is 0 Å². The molecular weight excluding hydrogens is 238 g/mol. The molecule has 1 nitrogen and oxygen atoms in total. The summed E-state index contributed by atoms with van der Waals surface area (Å²) in [5, 5.41) is 1.08. The van der Waals surface area contributed by atoms with E-state index in [1.165, 1.54) is 15.8 Å². The molecule has 3 rings (SSSR count). The first-order valence-corrected chi connectivity index (χ1v) is 6.74. The SMILES string of the molecule is C=CCc1ccc(-c2nc3ccccc3s2)cc1. The van der Waals surface area contributed by atoms with Gasteiger partial charge in [0.15, 0.2) is 0 Å². The second-order valence-electron chi connectivity index (χ2n) is 4.18. The van der Waals surface area contributed by atoms with Crippen LogP contribution in [0.3, 0.4) is 0 Å². The molecule has 88 valence electrons. The topological polar surface area (TPSA) is 12.9 Å². The number of nitrogens with zero attached hydrogens (tertiary/aromatic N) is 1. The summed E-state index contributed by atoms with van der Waals surface area (Å²) in [6, 6.07) is 16.8. The minimum absolute atomic E-state index is 0.917. The van der Waals surface area contributed by atoms with Crippen LogP contribution in [0.25, 0.3) is 20.8 Å². The fraction of sp³-hybridized carbons (Fsp3) is 0.0625. The number of rotatable bonds is 3. The lowest BCUT2D eigenvalue weighted by Gasteiger charge is -1.98. The monoisotopic (exact) mass is 251 g/mol. The molecule has 18 heavy (non-hydrogen) atoms. The van der Waals surface area contributed by atoms with Crippen molar-refractivity contribution in [3.8, 4) is 10.6 Å². The minimum Gasteiger partial charge on any atom is -0.236 e. The molecule has 1 heterocycles. The number of fused-ring (bicyclic) bond motifs is 1. The molecule has 0 amide bonds. The van der Waals surface area contributed by atoms with Gasteiger partial charge in [0.1, 0.15) is 5.01 Å². The molecule has 0 spiro atoms. The normalized spacial score (nSPS) is 10.7. The van der Waals surface area contributed by atoms with E-state index in [-0.39, 0.29) is 0 Å². The van der Waals surface area contributed by atoms with Crippen molar-refractivity contribution in [1.29, 1.82) is 0 Å². The Morgan fingerprint density at radius 1 is 1.06 bits per heavy atom. The number of allylic oxidation sites excluding steroid dienone is 1. The molecule has 1 aromatic heterocycles. The van der Waals surface area contributed by atoms with Gasteiger partial charge in [0, 0.05) is 5.56 Å². The van der Waals surface area contributed by atoms with Gasteiger partial charge in [0.25, 0.3) is 0 Å². The molecule has 0 N–H and O–H groups in total. The number of thiazole rings is 1. The molecule has 0 saturated heterocycles. The molecule has 0 saturated carbocycles. The third kappa shape index (κ3) is 2.07. The lowest BCUT2D eigenvalue weighted by atomic mass is 10.1. The highest BCUT2D eigenvalue weighted by atomic mass is 32.1. The predicted molar refractivity (Wildman–Crippen MR) is 79.0 cm³/mol. The Hall–Kier alpha value is -1.93. The van der Waals surface area contributed by atoms with Crippen molar-refractivity contribution in [2.75, 3.05) is 0 Å². The Balaban J connectivity index is 2.00. The first-order valence-electron chi connectivity index (χ1n) is 5.92. The minimum atomic E-state index is 0.917. The van der Waals surface area contributed by atoms with E-state index in [1.54, 1.807) is 11.3 Å². The van der Waals surface area contributed by atoms with Gasteiger partial charge in [-0.2, -0.15) is 0 Å². The molecule has 0 aliphatic carbocycles. The molecule has 0 unspecified atom stereocenters. The van der Waals surface area contributed by atoms with Gasteiger partial charge in [-0.25, -0.2) is 4.98 Å². The van der Waals surface area contributed by atoms with Crippen LogP contribution >= 0.6 is 11.3 Å². The smallest absolute Gasteiger partial charge is 0.124 e. The quantitative estimate of drug-likeness (QED) is 0.615. The van der Waals surface area contributed by atoms with Gasteiger partial charge in [-0.15, -0.1) is 17.9 Å². The van der Waals surface area contributed by atoms with Crippen molar-refractivity contribution in [3.63, 3.8) is 0 Å². The Morgan fingerprint density at radius 3 is 2.56 bits per heavy atom. The Bertz CT molecular complexity index is 647. The zero-order valence-electron chi connectivity index (χ0n) is 9.97. The first kappa shape index (κ1) is 11.2. The Morgan fingerprint density at radius 2 is 1.83 bits per heavy atom. The molecule has 0 radical (unpaired) electrons. The number of benzene rings is 2. The average Bonchev–Trinajstić information content (AvgIpc) is 2.84. The number of hydrogen-bond donors (Lipinski definition) is 0. The van der Waals surface area contributed by atoms with E-state index in [4.69, 9.17) is 0 Å². The molecule has 0 atom stereocenters. The summed E-state index contributed by atoms with van der Waals surface area (Å²) in [5.41, 5.74) is 3.55. The third-order valence-electron chi connectivity index (χ3n) is 2.87. The Labute approximate surface area is 110 Å². The summed E-state index contributed by atoms with van der Waals surface area (Å²) in [4.78, 5) is 4.66. The molecule has 3 aromatic rings. The third-order valence-corrected chi connectivity index (χ3v) is 3.96. The second-order valence-corrected chi connectivity index (χ2v) is 5.21. The summed E-state index contributed by atoms with van der Waals surface area (Å²) in [7, 11) is 0. The van der Waals surface area contributed by atoms with Crippen LogP contribution in [0, 0.1) is 0 Å². The largest absolute Gasteiger partial charge is 0.236 e. The van der Waals surface area contributed by atoms with Gasteiger partial charge in [-0.05, 0) is 24.1 Å². The van der Waals surface area contributed by atoms with E-state index in [0.29, 0.717) is 0 Å². The fourth-order valence-electron chi connectivity index (χ4n) is 1.95. The maximum absolute atomic E-state index is 4.66. The van der Waals surface area contributed by atoms with E-state index in [2.05, 4.69) is 54.0 Å². The molecule has 2 aromatic carbocycles. The van der Waals surface area contributed by atoms with Crippen molar-refractivity contribution < 1.29 is 0 Å². The highest BCUT2D eigenvalue weighted by molar-refractivity contribution is 7.21. The highest BCUT2D eigenvalue weighted by Crippen LogP contribution is 2.29. The van der Waals surface area contributed by atoms with Gasteiger partial charge < -0.3 is 0 Å². The predicted octanol–water partition coefficient (Wildman–Crippen LogP) is 4.69. The van der Waals surface area contributed by atoms with Gasteiger partial charge in [0.05, 0.1) is 10.2 Å². The molecule has 0 bridgehead atoms. The van der Waals surface area contributed by atoms with Crippen LogP contribution in [0.2, 0.25) is 0 Å². The maximum atomic E-state index is 4.66. The van der Waals surface area contributed by atoms with Crippen molar-refractivity contribution in [1.82, 2.24) is 4.98 Å². The van der Waals surface area contributed by atoms with Gasteiger partial charge >= 0.3 is 0 Å². The Kier molecular flexibility index (Phi) is 2.95. The standard InChI is InChI=1S/C16H13NS/c1-2-5-12-8-10-13(11-9-12)16-17-14-6-3-4-7-15(14)18-16/h2-4,6-11H,1,5H2. The maximum Gasteiger partial charge on any atom is 0.124 e. The number of para-hydroxylation sites is 1. The zero-order chi connectivity index (χ0) is 12.4. The first-order chi connectivity index (χ1) is 8.86. The van der Waals surface area contributed by atoms with Crippen molar-refractivity contribution in [3.05, 3.63) is 66.7 Å². The lowest BCUT2D eigenvalue weighted by molar-refractivity contribution is 1.28. The summed E-state index contributed by atoms with van der Waals surface area (Å²) in [5.74, 6) is 0. The highest BCUT2D eigenvalue weighted by Gasteiger charge is 2.05. The van der Waals surface area contributed by atoms with Crippen molar-refractivity contribution in [2.24, 2.45) is 0 Å². The second kappa shape index (κ2) is 4.75. The lowest BCUT2D eigenvalue weighted by Crippen LogP contribution is -1.81. The van der Waals surface area contributed by atoms with Crippen molar-refractivity contribution >= 4 is 21.6 Å². The summed E-state index contributed by atoms with van der Waals surface area (Å²) in [6.45, 7) is 3.76. The van der Waals surface area contributed by atoms with E-state index in [1.807, 2.05) is 12.1 Å². The fourth-order valence-corrected chi connectivity index (χ4v) is 2.92. The summed E-state index contributed by atoms with van der Waals surface area (Å²) in [6.07, 6.45) is 2.84. The van der Waals surface area contributed by atoms with Crippen LogP contribution < -0.4 is 0 Å². The summed E-state index contributed by atoms with van der Waals surface area (Å²) >= 11 is 1.74. The van der Waals surface area contributed by atoms with Crippen LogP contribution in [0.15, 0.2) is 61.2 Å². The van der Waals surface area contributed by atoms with E-state index in [0.717, 1.165) is 16.9 Å². The van der Waals surface area contributed by atoms with Gasteiger partial charge in [-0.1, -0.05) is 42.5 Å². The summed E-state index contributed by atoms with van der Waals surface area (Å²) < 4.78 is 1.24. The van der Waals surface area contributed by atoms with E-state index >= 15 is 0 Å². The molecule has 0 fully saturated rings. The van der Waals surface area contributed by atoms with Crippen LogP contribution in [0.5, 0.6) is 0 Å². The van der Waals surface area contributed by atoms with Crippen LogP contribution in [0.4, 0.5) is 0 Å². The van der Waals surface area contributed by atoms with Crippen LogP contribution in [-0.4, -0.2) is 4.98 Å². The molecule has 0 aliphatic rings.